The van der Waals surface area contributed by atoms with Crippen LogP contribution < -0.4 is 16.4 Å². The fraction of sp³-hybridized carbons (Fsp3) is 0.444. The van der Waals surface area contributed by atoms with Crippen molar-refractivity contribution < 1.29 is 9.59 Å². The molecule has 9 heteroatoms. The Morgan fingerprint density at radius 3 is 2.48 bits per heavy atom. The highest BCUT2D eigenvalue weighted by atomic mass is 35.5. The third-order valence-electron chi connectivity index (χ3n) is 4.65. The summed E-state index contributed by atoms with van der Waals surface area (Å²) in [7, 11) is 0. The first-order valence-corrected chi connectivity index (χ1v) is 8.86. The van der Waals surface area contributed by atoms with Crippen molar-refractivity contribution in [3.05, 3.63) is 30.1 Å². The van der Waals surface area contributed by atoms with Crippen LogP contribution in [0, 0.1) is 5.92 Å². The van der Waals surface area contributed by atoms with E-state index in [2.05, 4.69) is 25.8 Å². The third kappa shape index (κ3) is 5.27. The highest BCUT2D eigenvalue weighted by Gasteiger charge is 2.31. The Kier molecular flexibility index (Phi) is 7.32. The lowest BCUT2D eigenvalue weighted by Crippen LogP contribution is -2.47. The van der Waals surface area contributed by atoms with Crippen molar-refractivity contribution in [2.75, 3.05) is 5.32 Å². The topological polar surface area (TPSA) is 126 Å². The Hall–Kier alpha value is -2.45. The zero-order valence-corrected chi connectivity index (χ0v) is 16.0. The van der Waals surface area contributed by atoms with E-state index in [4.69, 9.17) is 5.73 Å². The van der Waals surface area contributed by atoms with Crippen molar-refractivity contribution in [1.29, 1.82) is 0 Å². The molecule has 1 saturated carbocycles. The minimum atomic E-state index is -0.491. The summed E-state index contributed by atoms with van der Waals surface area (Å²) in [5.41, 5.74) is 7.02. The third-order valence-corrected chi connectivity index (χ3v) is 4.65. The number of aromatic amines is 1. The van der Waals surface area contributed by atoms with Crippen LogP contribution in [0.25, 0.3) is 11.4 Å². The van der Waals surface area contributed by atoms with Crippen LogP contribution >= 0.6 is 12.4 Å². The van der Waals surface area contributed by atoms with Crippen LogP contribution in [0.15, 0.2) is 24.3 Å². The number of nitrogens with zero attached hydrogens (tertiary/aromatic N) is 2. The highest BCUT2D eigenvalue weighted by molar-refractivity contribution is 5.97. The molecule has 0 aliphatic heterocycles. The lowest BCUT2D eigenvalue weighted by atomic mass is 9.97. The molecule has 8 nitrogen and oxygen atoms in total. The van der Waals surface area contributed by atoms with E-state index in [1.54, 1.807) is 12.1 Å². The standard InChI is InChI=1S/C18H24N6O2.ClH/c1-11(25)20-16(12-4-2-3-5-12)18(26)21-14-8-6-13(7-9-14)17-22-15(10-19)23-24-17;/h6-9,12,16H,2-5,10,19H2,1H3,(H,20,25)(H,21,26)(H,22,23,24);1H. The number of rotatable bonds is 6. The van der Waals surface area contributed by atoms with Gasteiger partial charge in [-0.1, -0.05) is 12.8 Å². The van der Waals surface area contributed by atoms with Gasteiger partial charge >= 0.3 is 0 Å². The van der Waals surface area contributed by atoms with Gasteiger partial charge in [-0.15, -0.1) is 12.4 Å². The molecule has 1 heterocycles. The van der Waals surface area contributed by atoms with Crippen LogP contribution in [0.2, 0.25) is 0 Å². The van der Waals surface area contributed by atoms with Gasteiger partial charge in [-0.05, 0) is 43.0 Å². The average molecular weight is 393 g/mol. The molecule has 1 fully saturated rings. The van der Waals surface area contributed by atoms with Gasteiger partial charge in [0.05, 0.1) is 6.54 Å². The van der Waals surface area contributed by atoms with Crippen LogP contribution in [0.4, 0.5) is 5.69 Å². The molecule has 5 N–H and O–H groups in total. The van der Waals surface area contributed by atoms with E-state index >= 15 is 0 Å². The van der Waals surface area contributed by atoms with E-state index in [1.165, 1.54) is 6.92 Å². The molecule has 1 aromatic heterocycles. The summed E-state index contributed by atoms with van der Waals surface area (Å²) in [5.74, 6) is 1.01. The number of hydrogen-bond acceptors (Lipinski definition) is 5. The molecule has 0 saturated heterocycles. The lowest BCUT2D eigenvalue weighted by Gasteiger charge is -2.23. The number of amides is 2. The second kappa shape index (κ2) is 9.48. The van der Waals surface area contributed by atoms with Gasteiger partial charge < -0.3 is 16.4 Å². The molecule has 2 aromatic rings. The van der Waals surface area contributed by atoms with E-state index in [0.717, 1.165) is 31.2 Å². The number of hydrogen-bond donors (Lipinski definition) is 4. The molecule has 1 unspecified atom stereocenters. The maximum Gasteiger partial charge on any atom is 0.247 e. The molecule has 0 bridgehead atoms. The number of H-pyrrole nitrogens is 1. The van der Waals surface area contributed by atoms with Gasteiger partial charge in [0.25, 0.3) is 0 Å². The van der Waals surface area contributed by atoms with E-state index in [9.17, 15) is 9.59 Å². The normalized spacial score (nSPS) is 15.0. The minimum Gasteiger partial charge on any atom is -0.344 e. The number of nitrogens with two attached hydrogens (primary N) is 1. The molecule has 0 spiro atoms. The monoisotopic (exact) mass is 392 g/mol. The zero-order valence-electron chi connectivity index (χ0n) is 15.2. The number of aromatic nitrogens is 3. The summed E-state index contributed by atoms with van der Waals surface area (Å²) >= 11 is 0. The summed E-state index contributed by atoms with van der Waals surface area (Å²) in [6.07, 6.45) is 4.13. The number of halogens is 1. The molecule has 1 aliphatic rings. The summed E-state index contributed by atoms with van der Waals surface area (Å²) in [6, 6.07) is 6.77. The second-order valence-corrected chi connectivity index (χ2v) is 6.60. The van der Waals surface area contributed by atoms with Crippen LogP contribution in [0.5, 0.6) is 0 Å². The van der Waals surface area contributed by atoms with Crippen LogP contribution in [-0.4, -0.2) is 33.0 Å². The van der Waals surface area contributed by atoms with Crippen LogP contribution in [0.1, 0.15) is 38.4 Å². The van der Waals surface area contributed by atoms with E-state index in [1.807, 2.05) is 12.1 Å². The van der Waals surface area contributed by atoms with Crippen molar-refractivity contribution in [2.24, 2.45) is 11.7 Å². The molecule has 1 atom stereocenters. The van der Waals surface area contributed by atoms with Crippen molar-refractivity contribution in [1.82, 2.24) is 20.5 Å². The number of benzene rings is 1. The Bertz CT molecular complexity index is 770. The van der Waals surface area contributed by atoms with Gasteiger partial charge in [0, 0.05) is 18.2 Å². The fourth-order valence-electron chi connectivity index (χ4n) is 3.35. The Balaban J connectivity index is 0.00000261. The van der Waals surface area contributed by atoms with Crippen molar-refractivity contribution >= 4 is 29.9 Å². The molecular formula is C18H25ClN6O2. The van der Waals surface area contributed by atoms with Crippen molar-refractivity contribution in [3.8, 4) is 11.4 Å². The number of carbonyl (C=O) groups is 2. The van der Waals surface area contributed by atoms with Gasteiger partial charge in [0.2, 0.25) is 11.8 Å². The first kappa shape index (κ1) is 20.9. The van der Waals surface area contributed by atoms with Crippen molar-refractivity contribution in [2.45, 2.75) is 45.2 Å². The molecule has 0 radical (unpaired) electrons. The van der Waals surface area contributed by atoms with Gasteiger partial charge in [0.15, 0.2) is 5.82 Å². The first-order valence-electron chi connectivity index (χ1n) is 8.86. The molecular weight excluding hydrogens is 368 g/mol. The van der Waals surface area contributed by atoms with Gasteiger partial charge in [0.1, 0.15) is 11.9 Å². The summed E-state index contributed by atoms with van der Waals surface area (Å²) < 4.78 is 0. The summed E-state index contributed by atoms with van der Waals surface area (Å²) in [6.45, 7) is 1.74. The van der Waals surface area contributed by atoms with Crippen LogP contribution in [-0.2, 0) is 16.1 Å². The average Bonchev–Trinajstić information content (AvgIpc) is 3.32. The van der Waals surface area contributed by atoms with Gasteiger partial charge in [-0.2, -0.15) is 5.10 Å². The predicted molar refractivity (Wildman–Crippen MR) is 105 cm³/mol. The molecule has 146 valence electrons. The quantitative estimate of drug-likeness (QED) is 0.598. The SMILES string of the molecule is CC(=O)NC(C(=O)Nc1ccc(-c2n[nH]c(CN)n2)cc1)C1CCCC1.Cl. The smallest absolute Gasteiger partial charge is 0.247 e. The summed E-state index contributed by atoms with van der Waals surface area (Å²) in [5, 5.41) is 12.6. The Morgan fingerprint density at radius 1 is 1.26 bits per heavy atom. The molecule has 1 aromatic carbocycles. The van der Waals surface area contributed by atoms with E-state index in [0.29, 0.717) is 23.9 Å². The van der Waals surface area contributed by atoms with Crippen molar-refractivity contribution in [3.63, 3.8) is 0 Å². The van der Waals surface area contributed by atoms with Gasteiger partial charge in [-0.25, -0.2) is 4.98 Å². The molecule has 2 amide bonds. The maximum absolute atomic E-state index is 12.7. The zero-order chi connectivity index (χ0) is 18.5. The van der Waals surface area contributed by atoms with Crippen LogP contribution in [0.3, 0.4) is 0 Å². The lowest BCUT2D eigenvalue weighted by molar-refractivity contribution is -0.126. The van der Waals surface area contributed by atoms with E-state index in [-0.39, 0.29) is 30.1 Å². The first-order chi connectivity index (χ1) is 12.6. The highest BCUT2D eigenvalue weighted by Crippen LogP contribution is 2.28. The largest absolute Gasteiger partial charge is 0.344 e. The summed E-state index contributed by atoms with van der Waals surface area (Å²) in [4.78, 5) is 28.4. The molecule has 3 rings (SSSR count). The van der Waals surface area contributed by atoms with E-state index < -0.39 is 6.04 Å². The maximum atomic E-state index is 12.7. The minimum absolute atomic E-state index is 0. The Morgan fingerprint density at radius 2 is 1.93 bits per heavy atom. The number of nitrogens with one attached hydrogen (secondary N) is 3. The molecule has 27 heavy (non-hydrogen) atoms. The van der Waals surface area contributed by atoms with Gasteiger partial charge in [-0.3, -0.25) is 14.7 Å². The second-order valence-electron chi connectivity index (χ2n) is 6.60. The fourth-order valence-corrected chi connectivity index (χ4v) is 3.35. The number of anilines is 1. The molecule has 1 aliphatic carbocycles. The predicted octanol–water partition coefficient (Wildman–Crippen LogP) is 1.99. The Labute approximate surface area is 164 Å². The number of carbonyl (C=O) groups excluding carboxylic acids is 2.